The number of unbranched alkanes of at least 4 members (excludes halogenated alkanes) is 55. The molecule has 0 aromatic rings. The highest BCUT2D eigenvalue weighted by Crippen LogP contribution is 2.45. The zero-order valence-corrected chi connectivity index (χ0v) is 70.8. The van der Waals surface area contributed by atoms with E-state index in [1.165, 1.54) is 263 Å². The van der Waals surface area contributed by atoms with Gasteiger partial charge in [-0.25, -0.2) is 9.13 Å². The molecular formula is C86H168O17P2. The third kappa shape index (κ3) is 79.9. The molecule has 0 saturated carbocycles. The largest absolute Gasteiger partial charge is 0.472 e. The highest BCUT2D eigenvalue weighted by Gasteiger charge is 2.30. The number of phosphoric ester groups is 2. The Balaban J connectivity index is 5.16. The molecule has 0 radical (unpaired) electrons. The summed E-state index contributed by atoms with van der Waals surface area (Å²) in [6.45, 7) is 9.68. The molecule has 0 aromatic carbocycles. The van der Waals surface area contributed by atoms with Crippen LogP contribution in [0.3, 0.4) is 0 Å². The van der Waals surface area contributed by atoms with Crippen LogP contribution in [0.2, 0.25) is 0 Å². The van der Waals surface area contributed by atoms with Gasteiger partial charge in [0.1, 0.15) is 19.3 Å². The van der Waals surface area contributed by atoms with Crippen molar-refractivity contribution in [1.82, 2.24) is 0 Å². The molecule has 5 atom stereocenters. The summed E-state index contributed by atoms with van der Waals surface area (Å²) in [7, 11) is -9.92. The van der Waals surface area contributed by atoms with Crippen LogP contribution in [0.15, 0.2) is 0 Å². The molecule has 624 valence electrons. The third-order valence-corrected chi connectivity index (χ3v) is 22.1. The smallest absolute Gasteiger partial charge is 0.462 e. The first-order valence-corrected chi connectivity index (χ1v) is 47.5. The van der Waals surface area contributed by atoms with E-state index in [1.807, 2.05) is 0 Å². The maximum Gasteiger partial charge on any atom is 0.472 e. The van der Waals surface area contributed by atoms with Crippen molar-refractivity contribution in [3.8, 4) is 0 Å². The lowest BCUT2D eigenvalue weighted by Crippen LogP contribution is -2.30. The molecular weight excluding hydrogens is 1370 g/mol. The molecule has 19 heteroatoms. The first-order valence-electron chi connectivity index (χ1n) is 44.5. The van der Waals surface area contributed by atoms with Crippen LogP contribution < -0.4 is 0 Å². The van der Waals surface area contributed by atoms with Gasteiger partial charge < -0.3 is 33.8 Å². The van der Waals surface area contributed by atoms with Crippen LogP contribution in [0.1, 0.15) is 459 Å². The summed E-state index contributed by atoms with van der Waals surface area (Å²) < 4.78 is 68.8. The van der Waals surface area contributed by atoms with Gasteiger partial charge in [0.2, 0.25) is 0 Å². The molecule has 0 saturated heterocycles. The fourth-order valence-corrected chi connectivity index (χ4v) is 15.0. The summed E-state index contributed by atoms with van der Waals surface area (Å²) in [5, 5.41) is 10.7. The zero-order chi connectivity index (χ0) is 77.1. The second-order valence-electron chi connectivity index (χ2n) is 31.9. The van der Waals surface area contributed by atoms with Gasteiger partial charge in [0.05, 0.1) is 26.4 Å². The molecule has 0 aromatic heterocycles. The second-order valence-corrected chi connectivity index (χ2v) is 34.8. The van der Waals surface area contributed by atoms with Gasteiger partial charge in [0.25, 0.3) is 0 Å². The van der Waals surface area contributed by atoms with E-state index in [1.54, 1.807) is 0 Å². The number of carbonyl (C=O) groups excluding carboxylic acids is 4. The maximum atomic E-state index is 13.1. The lowest BCUT2D eigenvalue weighted by Gasteiger charge is -2.21. The normalized spacial score (nSPS) is 13.8. The van der Waals surface area contributed by atoms with E-state index in [-0.39, 0.29) is 25.7 Å². The summed E-state index contributed by atoms with van der Waals surface area (Å²) in [6, 6.07) is 0. The number of ether oxygens (including phenoxy) is 4. The summed E-state index contributed by atoms with van der Waals surface area (Å²) in [5.41, 5.74) is 0. The summed E-state index contributed by atoms with van der Waals surface area (Å²) in [6.07, 6.45) is 69.7. The quantitative estimate of drug-likeness (QED) is 0.0222. The van der Waals surface area contributed by atoms with Crippen molar-refractivity contribution in [3.63, 3.8) is 0 Å². The minimum Gasteiger partial charge on any atom is -0.462 e. The molecule has 0 rings (SSSR count). The Kier molecular flexibility index (Phi) is 76.0. The van der Waals surface area contributed by atoms with E-state index in [0.29, 0.717) is 25.7 Å². The van der Waals surface area contributed by atoms with Crippen molar-refractivity contribution in [3.05, 3.63) is 0 Å². The summed E-state index contributed by atoms with van der Waals surface area (Å²) in [5.74, 6) is -0.492. The van der Waals surface area contributed by atoms with E-state index in [2.05, 4.69) is 41.5 Å². The number of esters is 4. The van der Waals surface area contributed by atoms with Crippen molar-refractivity contribution in [1.29, 1.82) is 0 Å². The Bertz CT molecular complexity index is 2010. The van der Waals surface area contributed by atoms with Crippen LogP contribution in [0, 0.1) is 11.8 Å². The highest BCUT2D eigenvalue weighted by molar-refractivity contribution is 7.47. The van der Waals surface area contributed by atoms with E-state index in [4.69, 9.17) is 37.0 Å². The minimum atomic E-state index is -4.96. The van der Waals surface area contributed by atoms with Crippen LogP contribution in [0.25, 0.3) is 0 Å². The fourth-order valence-electron chi connectivity index (χ4n) is 13.4. The molecule has 0 aliphatic heterocycles. The van der Waals surface area contributed by atoms with Crippen molar-refractivity contribution in [2.24, 2.45) is 11.8 Å². The fraction of sp³-hybridized carbons (Fsp3) is 0.953. The number of carbonyl (C=O) groups is 4. The molecule has 0 aliphatic rings. The molecule has 0 spiro atoms. The Morgan fingerprint density at radius 1 is 0.257 bits per heavy atom. The second kappa shape index (κ2) is 77.4. The number of rotatable bonds is 85. The molecule has 0 heterocycles. The number of hydrogen-bond donors (Lipinski definition) is 3. The predicted molar refractivity (Wildman–Crippen MR) is 432 cm³/mol. The molecule has 0 fully saturated rings. The average molecular weight is 1540 g/mol. The van der Waals surface area contributed by atoms with Crippen LogP contribution >= 0.6 is 15.6 Å². The van der Waals surface area contributed by atoms with E-state index in [0.717, 1.165) is 115 Å². The van der Waals surface area contributed by atoms with Gasteiger partial charge in [-0.05, 0) is 37.5 Å². The van der Waals surface area contributed by atoms with Gasteiger partial charge >= 0.3 is 39.5 Å². The Hall–Kier alpha value is -1.94. The average Bonchev–Trinajstić information content (AvgIpc) is 0.907. The van der Waals surface area contributed by atoms with Crippen LogP contribution in [0.5, 0.6) is 0 Å². The molecule has 3 N–H and O–H groups in total. The topological polar surface area (TPSA) is 237 Å². The number of hydrogen-bond acceptors (Lipinski definition) is 15. The van der Waals surface area contributed by atoms with E-state index >= 15 is 0 Å². The monoisotopic (exact) mass is 1540 g/mol. The van der Waals surface area contributed by atoms with Gasteiger partial charge in [-0.3, -0.25) is 37.3 Å². The maximum absolute atomic E-state index is 13.1. The summed E-state index contributed by atoms with van der Waals surface area (Å²) in [4.78, 5) is 73.1. The van der Waals surface area contributed by atoms with E-state index in [9.17, 15) is 43.2 Å². The molecule has 17 nitrogen and oxygen atoms in total. The van der Waals surface area contributed by atoms with Crippen LogP contribution in [-0.4, -0.2) is 96.7 Å². The Morgan fingerprint density at radius 2 is 0.438 bits per heavy atom. The van der Waals surface area contributed by atoms with Crippen molar-refractivity contribution < 1.29 is 80.2 Å². The highest BCUT2D eigenvalue weighted by atomic mass is 31.2. The first-order chi connectivity index (χ1) is 50.9. The van der Waals surface area contributed by atoms with Gasteiger partial charge in [0, 0.05) is 25.7 Å². The minimum absolute atomic E-state index is 0.107. The zero-order valence-electron chi connectivity index (χ0n) is 69.0. The lowest BCUT2D eigenvalue weighted by atomic mass is 10.0. The standard InChI is InChI=1S/C86H168O17P2/c1-7-9-11-13-15-16-17-18-19-20-21-22-26-29-35-40-45-51-57-63-69-84(89)97-75-82(103-86(91)71-64-58-52-46-41-36-30-27-24-23-25-28-33-38-43-49-54-60-66-78(3)4)77-101-105(94,95)99-73-80(87)72-98-104(92,93)100-76-81(74-96-83(88)68-62-56-48-14-12-10-8-2)102-85(90)70-65-59-53-47-42-37-32-31-34-39-44-50-55-61-67-79(5)6/h78-82,87H,7-77H2,1-6H3,(H,92,93)(H,94,95)/t80-,81+,82+/m0/s1. The third-order valence-electron chi connectivity index (χ3n) is 20.2. The van der Waals surface area contributed by atoms with Gasteiger partial charge in [0.15, 0.2) is 12.2 Å². The SMILES string of the molecule is CCCCCCCCCCCCCCCCCCCCCCC(=O)OC[C@H](COP(=O)(O)OC[C@@H](O)COP(=O)(O)OC[C@@H](COC(=O)CCCCCCCCC)OC(=O)CCCCCCCCCCCCCCCCC(C)C)OC(=O)CCCCCCCCCCCCCCCCCCCCC(C)C. The van der Waals surface area contributed by atoms with E-state index < -0.39 is 97.5 Å². The first kappa shape index (κ1) is 103. The Morgan fingerprint density at radius 3 is 0.648 bits per heavy atom. The summed E-state index contributed by atoms with van der Waals surface area (Å²) >= 11 is 0. The molecule has 2 unspecified atom stereocenters. The van der Waals surface area contributed by atoms with Crippen molar-refractivity contribution >= 4 is 39.5 Å². The molecule has 0 aliphatic carbocycles. The van der Waals surface area contributed by atoms with Crippen LogP contribution in [0.4, 0.5) is 0 Å². The van der Waals surface area contributed by atoms with Crippen molar-refractivity contribution in [2.75, 3.05) is 39.6 Å². The van der Waals surface area contributed by atoms with Gasteiger partial charge in [-0.2, -0.15) is 0 Å². The predicted octanol–water partition coefficient (Wildman–Crippen LogP) is 26.2. The molecule has 0 bridgehead atoms. The molecule has 105 heavy (non-hydrogen) atoms. The number of aliphatic hydroxyl groups is 1. The van der Waals surface area contributed by atoms with Gasteiger partial charge in [-0.15, -0.1) is 0 Å². The number of phosphoric acid groups is 2. The lowest BCUT2D eigenvalue weighted by molar-refractivity contribution is -0.161. The number of aliphatic hydroxyl groups excluding tert-OH is 1. The van der Waals surface area contributed by atoms with Crippen molar-refractivity contribution in [2.45, 2.75) is 477 Å². The van der Waals surface area contributed by atoms with Gasteiger partial charge in [-0.1, -0.05) is 408 Å². The van der Waals surface area contributed by atoms with Crippen LogP contribution in [-0.2, 0) is 65.4 Å². The Labute approximate surface area is 645 Å². The molecule has 0 amide bonds.